The first-order chi connectivity index (χ1) is 10.7. The molecule has 130 valence electrons. The normalized spacial score (nSPS) is 20.7. The molecule has 6 heteroatoms. The van der Waals surface area contributed by atoms with Gasteiger partial charge in [0, 0.05) is 23.4 Å². The molecule has 1 fully saturated rings. The maximum absolute atomic E-state index is 5.38. The number of halogens is 1. The van der Waals surface area contributed by atoms with E-state index in [1.54, 1.807) is 7.11 Å². The van der Waals surface area contributed by atoms with Crippen LogP contribution in [-0.4, -0.2) is 36.7 Å². The second kappa shape index (κ2) is 10.3. The van der Waals surface area contributed by atoms with Gasteiger partial charge in [-0.05, 0) is 38.5 Å². The number of methoxy groups -OCH3 is 1. The van der Waals surface area contributed by atoms with Crippen LogP contribution in [0.2, 0.25) is 0 Å². The number of guanidine groups is 1. The quantitative estimate of drug-likeness (QED) is 0.396. The van der Waals surface area contributed by atoms with Gasteiger partial charge in [0.1, 0.15) is 5.75 Å². The molecule has 1 heterocycles. The van der Waals surface area contributed by atoms with Crippen LogP contribution in [0.4, 0.5) is 0 Å². The number of para-hydroxylation sites is 1. The molecule has 23 heavy (non-hydrogen) atoms. The molecule has 0 radical (unpaired) electrons. The number of nitrogens with zero attached hydrogens (tertiary/aromatic N) is 1. The number of benzene rings is 1. The van der Waals surface area contributed by atoms with Gasteiger partial charge in [-0.3, -0.25) is 0 Å². The average Bonchev–Trinajstić information content (AvgIpc) is 2.97. The number of rotatable bonds is 6. The fraction of sp³-hybridized carbons (Fsp3) is 0.588. The first-order valence-electron chi connectivity index (χ1n) is 7.95. The predicted octanol–water partition coefficient (Wildman–Crippen LogP) is 3.65. The number of thioether (sulfide) groups is 1. The molecule has 2 rings (SSSR count). The second-order valence-electron chi connectivity index (χ2n) is 5.76. The lowest BCUT2D eigenvalue weighted by atomic mass is 10.1. The minimum absolute atomic E-state index is 0. The van der Waals surface area contributed by atoms with Crippen LogP contribution in [0.3, 0.4) is 0 Å². The van der Waals surface area contributed by atoms with Gasteiger partial charge in [0.15, 0.2) is 5.96 Å². The van der Waals surface area contributed by atoms with Crippen LogP contribution in [0, 0.1) is 0 Å². The Kier molecular flexibility index (Phi) is 9.12. The highest BCUT2D eigenvalue weighted by molar-refractivity contribution is 14.0. The van der Waals surface area contributed by atoms with Crippen molar-refractivity contribution in [3.63, 3.8) is 0 Å². The summed E-state index contributed by atoms with van der Waals surface area (Å²) in [6.07, 6.45) is 2.59. The molecule has 0 amide bonds. The Morgan fingerprint density at radius 1 is 1.35 bits per heavy atom. The van der Waals surface area contributed by atoms with Gasteiger partial charge in [0.2, 0.25) is 0 Å². The summed E-state index contributed by atoms with van der Waals surface area (Å²) in [5.74, 6) is 3.04. The van der Waals surface area contributed by atoms with Crippen molar-refractivity contribution in [1.82, 2.24) is 10.6 Å². The van der Waals surface area contributed by atoms with Crippen LogP contribution in [0.1, 0.15) is 32.3 Å². The SMILES string of the molecule is CCNC(=NCc1ccccc1OC)NCC1(C)CCCS1.I. The van der Waals surface area contributed by atoms with Crippen LogP contribution in [0.25, 0.3) is 0 Å². The zero-order valence-electron chi connectivity index (χ0n) is 14.2. The van der Waals surface area contributed by atoms with Crippen LogP contribution < -0.4 is 15.4 Å². The molecule has 1 aromatic rings. The van der Waals surface area contributed by atoms with E-state index < -0.39 is 0 Å². The fourth-order valence-corrected chi connectivity index (χ4v) is 3.83. The average molecular weight is 449 g/mol. The Morgan fingerprint density at radius 2 is 2.13 bits per heavy atom. The molecule has 0 spiro atoms. The summed E-state index contributed by atoms with van der Waals surface area (Å²) in [6, 6.07) is 8.03. The molecular formula is C17H28IN3OS. The minimum Gasteiger partial charge on any atom is -0.496 e. The smallest absolute Gasteiger partial charge is 0.191 e. The van der Waals surface area contributed by atoms with E-state index in [1.807, 2.05) is 18.2 Å². The third kappa shape index (κ3) is 6.41. The molecule has 1 unspecified atom stereocenters. The van der Waals surface area contributed by atoms with Crippen molar-refractivity contribution in [2.75, 3.05) is 26.0 Å². The minimum atomic E-state index is 0. The van der Waals surface area contributed by atoms with Gasteiger partial charge in [-0.15, -0.1) is 24.0 Å². The van der Waals surface area contributed by atoms with Gasteiger partial charge in [-0.25, -0.2) is 4.99 Å². The van der Waals surface area contributed by atoms with E-state index >= 15 is 0 Å². The van der Waals surface area contributed by atoms with E-state index in [2.05, 4.69) is 47.3 Å². The van der Waals surface area contributed by atoms with Crippen molar-refractivity contribution in [2.45, 2.75) is 38.0 Å². The van der Waals surface area contributed by atoms with Gasteiger partial charge < -0.3 is 15.4 Å². The fourth-order valence-electron chi connectivity index (χ4n) is 2.59. The highest BCUT2D eigenvalue weighted by atomic mass is 127. The molecule has 1 aliphatic rings. The monoisotopic (exact) mass is 449 g/mol. The molecule has 4 nitrogen and oxygen atoms in total. The lowest BCUT2D eigenvalue weighted by molar-refractivity contribution is 0.410. The highest BCUT2D eigenvalue weighted by Gasteiger charge is 2.29. The van der Waals surface area contributed by atoms with E-state index in [0.29, 0.717) is 11.3 Å². The number of hydrogen-bond donors (Lipinski definition) is 2. The first-order valence-corrected chi connectivity index (χ1v) is 8.93. The number of aliphatic imine (C=N–C) groups is 1. The van der Waals surface area contributed by atoms with Crippen LogP contribution in [0.5, 0.6) is 5.75 Å². The zero-order chi connectivity index (χ0) is 15.8. The summed E-state index contributed by atoms with van der Waals surface area (Å²) in [5, 5.41) is 6.81. The molecule has 2 N–H and O–H groups in total. The Balaban J connectivity index is 0.00000264. The third-order valence-electron chi connectivity index (χ3n) is 3.87. The van der Waals surface area contributed by atoms with Crippen molar-refractivity contribution >= 4 is 41.7 Å². The summed E-state index contributed by atoms with van der Waals surface area (Å²) >= 11 is 2.06. The Morgan fingerprint density at radius 3 is 2.78 bits per heavy atom. The molecule has 0 bridgehead atoms. The highest BCUT2D eigenvalue weighted by Crippen LogP contribution is 2.36. The van der Waals surface area contributed by atoms with Gasteiger partial charge >= 0.3 is 0 Å². The van der Waals surface area contributed by atoms with E-state index in [0.717, 1.165) is 30.4 Å². The number of hydrogen-bond acceptors (Lipinski definition) is 3. The van der Waals surface area contributed by atoms with Crippen LogP contribution in [0.15, 0.2) is 29.3 Å². The summed E-state index contributed by atoms with van der Waals surface area (Å²) in [4.78, 5) is 4.69. The summed E-state index contributed by atoms with van der Waals surface area (Å²) in [7, 11) is 1.70. The molecule has 1 aliphatic heterocycles. The van der Waals surface area contributed by atoms with E-state index in [4.69, 9.17) is 4.74 Å². The molecular weight excluding hydrogens is 421 g/mol. The number of nitrogens with one attached hydrogen (secondary N) is 2. The Hall–Kier alpha value is -0.630. The van der Waals surface area contributed by atoms with Gasteiger partial charge in [0.05, 0.1) is 13.7 Å². The summed E-state index contributed by atoms with van der Waals surface area (Å²) in [6.45, 7) is 6.86. The predicted molar refractivity (Wildman–Crippen MR) is 111 cm³/mol. The van der Waals surface area contributed by atoms with Gasteiger partial charge in [0.25, 0.3) is 0 Å². The van der Waals surface area contributed by atoms with Gasteiger partial charge in [-0.1, -0.05) is 18.2 Å². The largest absolute Gasteiger partial charge is 0.496 e. The lowest BCUT2D eigenvalue weighted by Gasteiger charge is -2.24. The third-order valence-corrected chi connectivity index (χ3v) is 5.41. The first kappa shape index (κ1) is 20.4. The Labute approximate surface area is 161 Å². The van der Waals surface area contributed by atoms with Crippen LogP contribution >= 0.6 is 35.7 Å². The molecule has 0 aromatic heterocycles. The maximum Gasteiger partial charge on any atom is 0.191 e. The maximum atomic E-state index is 5.38. The topological polar surface area (TPSA) is 45.7 Å². The van der Waals surface area contributed by atoms with E-state index in [1.165, 1.54) is 18.6 Å². The van der Waals surface area contributed by atoms with Crippen molar-refractivity contribution < 1.29 is 4.74 Å². The Bertz CT molecular complexity index is 504. The zero-order valence-corrected chi connectivity index (χ0v) is 17.4. The van der Waals surface area contributed by atoms with Crippen molar-refractivity contribution in [3.8, 4) is 5.75 Å². The molecule has 0 aliphatic carbocycles. The van der Waals surface area contributed by atoms with Crippen molar-refractivity contribution in [3.05, 3.63) is 29.8 Å². The second-order valence-corrected chi connectivity index (χ2v) is 7.45. The number of ether oxygens (including phenoxy) is 1. The van der Waals surface area contributed by atoms with Gasteiger partial charge in [-0.2, -0.15) is 11.8 Å². The molecule has 0 saturated carbocycles. The molecule has 1 saturated heterocycles. The summed E-state index contributed by atoms with van der Waals surface area (Å²) in [5.41, 5.74) is 1.10. The molecule has 1 atom stereocenters. The standard InChI is InChI=1S/C17H27N3OS.HI/c1-4-18-16(20-13-17(2)10-7-11-22-17)19-12-14-8-5-6-9-15(14)21-3;/h5-6,8-9H,4,7,10-13H2,1-3H3,(H2,18,19,20);1H. The molecule has 1 aromatic carbocycles. The van der Waals surface area contributed by atoms with E-state index in [9.17, 15) is 0 Å². The lowest BCUT2D eigenvalue weighted by Crippen LogP contribution is -2.43. The van der Waals surface area contributed by atoms with Crippen LogP contribution in [-0.2, 0) is 6.54 Å². The summed E-state index contributed by atoms with van der Waals surface area (Å²) < 4.78 is 5.72. The van der Waals surface area contributed by atoms with Crippen molar-refractivity contribution in [2.24, 2.45) is 4.99 Å². The van der Waals surface area contributed by atoms with Crippen molar-refractivity contribution in [1.29, 1.82) is 0 Å². The van der Waals surface area contributed by atoms with E-state index in [-0.39, 0.29) is 24.0 Å².